The van der Waals surface area contributed by atoms with Crippen molar-refractivity contribution in [1.82, 2.24) is 4.98 Å². The molecule has 0 saturated heterocycles. The molecule has 5 heteroatoms. The molecule has 1 aromatic carbocycles. The Morgan fingerprint density at radius 3 is 2.95 bits per heavy atom. The Kier molecular flexibility index (Phi) is 2.98. The van der Waals surface area contributed by atoms with Gasteiger partial charge in [0.15, 0.2) is 5.13 Å². The summed E-state index contributed by atoms with van der Waals surface area (Å²) in [4.78, 5) is 16.9. The molecule has 0 spiro atoms. The normalized spacial score (nSPS) is 13.3. The average molecular weight is 274 g/mol. The highest BCUT2D eigenvalue weighted by molar-refractivity contribution is 7.15. The lowest BCUT2D eigenvalue weighted by molar-refractivity contribution is 0.0696. The molecule has 0 aliphatic heterocycles. The number of carbonyl (C=O) groups is 1. The van der Waals surface area contributed by atoms with E-state index >= 15 is 0 Å². The van der Waals surface area contributed by atoms with E-state index in [0.29, 0.717) is 5.56 Å². The quantitative estimate of drug-likeness (QED) is 0.900. The number of fused-ring (bicyclic) bond motifs is 1. The molecular formula is C14H14N2O2S. The molecule has 3 rings (SSSR count). The first kappa shape index (κ1) is 12.2. The number of aromatic carboxylic acids is 1. The number of aromatic nitrogens is 1. The molecule has 2 N–H and O–H groups in total. The first-order valence-electron chi connectivity index (χ1n) is 6.23. The van der Waals surface area contributed by atoms with Crippen LogP contribution < -0.4 is 5.32 Å². The molecule has 0 unspecified atom stereocenters. The second kappa shape index (κ2) is 4.66. The van der Waals surface area contributed by atoms with Crippen LogP contribution >= 0.6 is 11.3 Å². The molecule has 19 heavy (non-hydrogen) atoms. The SMILES string of the molecule is Cc1cc(Nc2nc3c(s2)CCC3)ccc1C(=O)O. The van der Waals surface area contributed by atoms with E-state index in [4.69, 9.17) is 5.11 Å². The van der Waals surface area contributed by atoms with E-state index in [0.717, 1.165) is 29.2 Å². The summed E-state index contributed by atoms with van der Waals surface area (Å²) in [5.74, 6) is -0.891. The number of nitrogens with one attached hydrogen (secondary N) is 1. The molecule has 0 atom stereocenters. The van der Waals surface area contributed by atoms with Gasteiger partial charge in [-0.3, -0.25) is 0 Å². The zero-order chi connectivity index (χ0) is 13.4. The van der Waals surface area contributed by atoms with Gasteiger partial charge < -0.3 is 10.4 Å². The van der Waals surface area contributed by atoms with Gasteiger partial charge in [-0.2, -0.15) is 0 Å². The largest absolute Gasteiger partial charge is 0.478 e. The highest BCUT2D eigenvalue weighted by Gasteiger charge is 2.16. The van der Waals surface area contributed by atoms with Gasteiger partial charge in [0.05, 0.1) is 11.3 Å². The lowest BCUT2D eigenvalue weighted by atomic mass is 10.1. The Balaban J connectivity index is 1.83. The Labute approximate surface area is 115 Å². The first-order valence-corrected chi connectivity index (χ1v) is 7.04. The van der Waals surface area contributed by atoms with E-state index < -0.39 is 5.97 Å². The fraction of sp³-hybridized carbons (Fsp3) is 0.286. The molecule has 2 aromatic rings. The summed E-state index contributed by atoms with van der Waals surface area (Å²) in [5, 5.41) is 13.1. The predicted octanol–water partition coefficient (Wildman–Crippen LogP) is 3.38. The molecule has 0 bridgehead atoms. The second-order valence-electron chi connectivity index (χ2n) is 4.70. The molecule has 0 fully saturated rings. The third-order valence-electron chi connectivity index (χ3n) is 3.30. The van der Waals surface area contributed by atoms with Gasteiger partial charge in [0.25, 0.3) is 0 Å². The number of rotatable bonds is 3. The summed E-state index contributed by atoms with van der Waals surface area (Å²) in [5.41, 5.74) is 3.19. The van der Waals surface area contributed by atoms with Gasteiger partial charge in [-0.05, 0) is 49.9 Å². The van der Waals surface area contributed by atoms with Gasteiger partial charge in [0, 0.05) is 10.6 Å². The molecule has 1 aliphatic rings. The Bertz CT molecular complexity index is 627. The van der Waals surface area contributed by atoms with Crippen LogP contribution in [-0.4, -0.2) is 16.1 Å². The van der Waals surface area contributed by atoms with E-state index in [2.05, 4.69) is 10.3 Å². The van der Waals surface area contributed by atoms with Crippen molar-refractivity contribution >= 4 is 28.1 Å². The summed E-state index contributed by atoms with van der Waals surface area (Å²) in [6, 6.07) is 5.25. The van der Waals surface area contributed by atoms with Crippen LogP contribution in [0.2, 0.25) is 0 Å². The van der Waals surface area contributed by atoms with Crippen molar-refractivity contribution in [2.75, 3.05) is 5.32 Å². The van der Waals surface area contributed by atoms with E-state index in [9.17, 15) is 4.79 Å². The van der Waals surface area contributed by atoms with Crippen LogP contribution in [0.1, 0.15) is 32.9 Å². The van der Waals surface area contributed by atoms with Crippen LogP contribution in [-0.2, 0) is 12.8 Å². The number of aryl methyl sites for hydroxylation is 3. The number of anilines is 2. The lowest BCUT2D eigenvalue weighted by Gasteiger charge is -2.06. The van der Waals surface area contributed by atoms with Crippen molar-refractivity contribution in [3.8, 4) is 0 Å². The highest BCUT2D eigenvalue weighted by Crippen LogP contribution is 2.32. The summed E-state index contributed by atoms with van der Waals surface area (Å²) in [6.07, 6.45) is 3.41. The Hall–Kier alpha value is -1.88. The summed E-state index contributed by atoms with van der Waals surface area (Å²) >= 11 is 1.69. The predicted molar refractivity (Wildman–Crippen MR) is 75.6 cm³/mol. The van der Waals surface area contributed by atoms with Crippen molar-refractivity contribution in [1.29, 1.82) is 0 Å². The van der Waals surface area contributed by atoms with Crippen molar-refractivity contribution in [2.24, 2.45) is 0 Å². The van der Waals surface area contributed by atoms with Crippen LogP contribution in [0, 0.1) is 6.92 Å². The lowest BCUT2D eigenvalue weighted by Crippen LogP contribution is -2.00. The minimum absolute atomic E-state index is 0.340. The van der Waals surface area contributed by atoms with Crippen molar-refractivity contribution in [3.63, 3.8) is 0 Å². The molecule has 0 radical (unpaired) electrons. The van der Waals surface area contributed by atoms with Gasteiger partial charge in [0.1, 0.15) is 0 Å². The van der Waals surface area contributed by atoms with Crippen LogP contribution in [0.15, 0.2) is 18.2 Å². The molecule has 1 aliphatic carbocycles. The molecule has 1 aromatic heterocycles. The number of nitrogens with zero attached hydrogens (tertiary/aromatic N) is 1. The smallest absolute Gasteiger partial charge is 0.335 e. The first-order chi connectivity index (χ1) is 9.13. The molecule has 0 saturated carbocycles. The number of hydrogen-bond donors (Lipinski definition) is 2. The van der Waals surface area contributed by atoms with E-state index in [1.165, 1.54) is 17.0 Å². The monoisotopic (exact) mass is 274 g/mol. The number of hydrogen-bond acceptors (Lipinski definition) is 4. The molecule has 4 nitrogen and oxygen atoms in total. The van der Waals surface area contributed by atoms with Gasteiger partial charge >= 0.3 is 5.97 Å². The van der Waals surface area contributed by atoms with Crippen LogP contribution in [0.3, 0.4) is 0 Å². The third kappa shape index (κ3) is 2.33. The van der Waals surface area contributed by atoms with E-state index in [-0.39, 0.29) is 0 Å². The van der Waals surface area contributed by atoms with E-state index in [1.807, 2.05) is 6.07 Å². The number of benzene rings is 1. The summed E-state index contributed by atoms with van der Waals surface area (Å²) in [6.45, 7) is 1.80. The molecule has 0 amide bonds. The zero-order valence-corrected chi connectivity index (χ0v) is 11.4. The van der Waals surface area contributed by atoms with Gasteiger partial charge in [-0.15, -0.1) is 11.3 Å². The second-order valence-corrected chi connectivity index (χ2v) is 5.79. The Morgan fingerprint density at radius 1 is 1.42 bits per heavy atom. The highest BCUT2D eigenvalue weighted by atomic mass is 32.1. The van der Waals surface area contributed by atoms with Crippen LogP contribution in [0.5, 0.6) is 0 Å². The molecule has 1 heterocycles. The fourth-order valence-corrected chi connectivity index (χ4v) is 3.42. The van der Waals surface area contributed by atoms with Gasteiger partial charge in [-0.25, -0.2) is 9.78 Å². The van der Waals surface area contributed by atoms with Gasteiger partial charge in [0.2, 0.25) is 0 Å². The zero-order valence-electron chi connectivity index (χ0n) is 10.6. The Morgan fingerprint density at radius 2 is 2.26 bits per heavy atom. The van der Waals surface area contributed by atoms with Gasteiger partial charge in [-0.1, -0.05) is 0 Å². The summed E-state index contributed by atoms with van der Waals surface area (Å²) in [7, 11) is 0. The van der Waals surface area contributed by atoms with Crippen molar-refractivity contribution in [2.45, 2.75) is 26.2 Å². The van der Waals surface area contributed by atoms with Crippen molar-refractivity contribution in [3.05, 3.63) is 39.9 Å². The number of thiazole rings is 1. The fourth-order valence-electron chi connectivity index (χ4n) is 2.35. The molecule has 98 valence electrons. The topological polar surface area (TPSA) is 62.2 Å². The number of carboxylic acids is 1. The van der Waals surface area contributed by atoms with E-state index in [1.54, 1.807) is 30.4 Å². The standard InChI is InChI=1S/C14H14N2O2S/c1-8-7-9(5-6-10(8)13(17)18)15-14-16-11-3-2-4-12(11)19-14/h5-7H,2-4H2,1H3,(H,15,16)(H,17,18). The van der Waals surface area contributed by atoms with Crippen LogP contribution in [0.25, 0.3) is 0 Å². The average Bonchev–Trinajstić information content (AvgIpc) is 2.89. The minimum atomic E-state index is -0.891. The van der Waals surface area contributed by atoms with Crippen LogP contribution in [0.4, 0.5) is 10.8 Å². The molecular weight excluding hydrogens is 260 g/mol. The third-order valence-corrected chi connectivity index (χ3v) is 4.38. The number of carboxylic acid groups (broad SMARTS) is 1. The summed E-state index contributed by atoms with van der Waals surface area (Å²) < 4.78 is 0. The maximum Gasteiger partial charge on any atom is 0.335 e. The van der Waals surface area contributed by atoms with Crippen molar-refractivity contribution < 1.29 is 9.90 Å². The maximum absolute atomic E-state index is 11.0. The maximum atomic E-state index is 11.0. The minimum Gasteiger partial charge on any atom is -0.478 e.